The summed E-state index contributed by atoms with van der Waals surface area (Å²) in [6.07, 6.45) is 3.20. The molecular formula is C15H17N3O3S. The van der Waals surface area contributed by atoms with Gasteiger partial charge < -0.3 is 14.6 Å². The number of thiazole rings is 1. The number of hydrogen-bond acceptors (Lipinski definition) is 5. The van der Waals surface area contributed by atoms with Crippen LogP contribution in [0.2, 0.25) is 0 Å². The molecule has 6 nitrogen and oxygen atoms in total. The number of furan rings is 1. The predicted octanol–water partition coefficient (Wildman–Crippen LogP) is 2.08. The van der Waals surface area contributed by atoms with Crippen LogP contribution in [-0.4, -0.2) is 40.8 Å². The van der Waals surface area contributed by atoms with Gasteiger partial charge in [-0.3, -0.25) is 9.59 Å². The molecule has 1 fully saturated rings. The van der Waals surface area contributed by atoms with E-state index in [1.165, 1.54) is 17.6 Å². The van der Waals surface area contributed by atoms with Gasteiger partial charge >= 0.3 is 0 Å². The van der Waals surface area contributed by atoms with Crippen LogP contribution >= 0.6 is 11.3 Å². The van der Waals surface area contributed by atoms with Crippen LogP contribution < -0.4 is 5.32 Å². The van der Waals surface area contributed by atoms with Gasteiger partial charge in [0.1, 0.15) is 5.69 Å². The molecule has 0 unspecified atom stereocenters. The molecule has 0 aliphatic carbocycles. The standard InChI is InChI=1S/C15H17N3O3S/c1-10-16-12(9-22-10)14(19)17-11-4-2-6-18(8-11)15(20)13-5-3-7-21-13/h3,5,7,9,11H,2,4,6,8H2,1H3,(H,17,19)/t11-/m1/s1. The number of likely N-dealkylation sites (tertiary alicyclic amines) is 1. The quantitative estimate of drug-likeness (QED) is 0.940. The number of nitrogens with zero attached hydrogens (tertiary/aromatic N) is 2. The van der Waals surface area contributed by atoms with Gasteiger partial charge in [0.15, 0.2) is 5.76 Å². The second-order valence-electron chi connectivity index (χ2n) is 5.29. The van der Waals surface area contributed by atoms with Crippen molar-refractivity contribution in [1.29, 1.82) is 0 Å². The Labute approximate surface area is 132 Å². The monoisotopic (exact) mass is 319 g/mol. The Morgan fingerprint density at radius 1 is 1.50 bits per heavy atom. The lowest BCUT2D eigenvalue weighted by atomic mass is 10.1. The molecule has 1 N–H and O–H groups in total. The largest absolute Gasteiger partial charge is 0.459 e. The lowest BCUT2D eigenvalue weighted by Crippen LogP contribution is -2.49. The molecule has 0 spiro atoms. The molecule has 0 radical (unpaired) electrons. The van der Waals surface area contributed by atoms with Crippen LogP contribution in [0, 0.1) is 6.92 Å². The molecular weight excluding hydrogens is 302 g/mol. The molecule has 3 rings (SSSR count). The molecule has 3 heterocycles. The molecule has 116 valence electrons. The van der Waals surface area contributed by atoms with E-state index in [0.717, 1.165) is 17.8 Å². The van der Waals surface area contributed by atoms with E-state index in [2.05, 4.69) is 10.3 Å². The molecule has 1 atom stereocenters. The van der Waals surface area contributed by atoms with Crippen LogP contribution in [0.4, 0.5) is 0 Å². The highest BCUT2D eigenvalue weighted by atomic mass is 32.1. The molecule has 22 heavy (non-hydrogen) atoms. The third-order valence-electron chi connectivity index (χ3n) is 3.63. The lowest BCUT2D eigenvalue weighted by Gasteiger charge is -2.32. The molecule has 1 aliphatic heterocycles. The number of aromatic nitrogens is 1. The molecule has 2 aromatic heterocycles. The summed E-state index contributed by atoms with van der Waals surface area (Å²) in [5, 5.41) is 5.57. The van der Waals surface area contributed by atoms with Crippen LogP contribution in [-0.2, 0) is 0 Å². The number of piperidine rings is 1. The van der Waals surface area contributed by atoms with Gasteiger partial charge in [-0.15, -0.1) is 11.3 Å². The summed E-state index contributed by atoms with van der Waals surface area (Å²) < 4.78 is 5.15. The maximum Gasteiger partial charge on any atom is 0.289 e. The number of hydrogen-bond donors (Lipinski definition) is 1. The topological polar surface area (TPSA) is 75.4 Å². The Hall–Kier alpha value is -2.15. The highest BCUT2D eigenvalue weighted by Crippen LogP contribution is 2.15. The summed E-state index contributed by atoms with van der Waals surface area (Å²) in [4.78, 5) is 30.3. The third kappa shape index (κ3) is 3.19. The van der Waals surface area contributed by atoms with Gasteiger partial charge in [0.25, 0.3) is 11.8 Å². The van der Waals surface area contributed by atoms with E-state index in [4.69, 9.17) is 4.42 Å². The van der Waals surface area contributed by atoms with Crippen molar-refractivity contribution in [3.8, 4) is 0 Å². The zero-order valence-corrected chi connectivity index (χ0v) is 13.1. The van der Waals surface area contributed by atoms with Crippen molar-refractivity contribution < 1.29 is 14.0 Å². The molecule has 1 saturated heterocycles. The summed E-state index contributed by atoms with van der Waals surface area (Å²) >= 11 is 1.45. The fourth-order valence-electron chi connectivity index (χ4n) is 2.56. The number of nitrogens with one attached hydrogen (secondary N) is 1. The first-order valence-corrected chi connectivity index (χ1v) is 8.07. The minimum Gasteiger partial charge on any atom is -0.459 e. The van der Waals surface area contributed by atoms with Crippen LogP contribution in [0.25, 0.3) is 0 Å². The summed E-state index contributed by atoms with van der Waals surface area (Å²) in [5.74, 6) is 0.0252. The van der Waals surface area contributed by atoms with Gasteiger partial charge in [0.05, 0.1) is 11.3 Å². The van der Waals surface area contributed by atoms with E-state index in [0.29, 0.717) is 24.5 Å². The van der Waals surface area contributed by atoms with Crippen LogP contribution in [0.3, 0.4) is 0 Å². The Kier molecular flexibility index (Phi) is 4.24. The molecule has 7 heteroatoms. The van der Waals surface area contributed by atoms with Crippen LogP contribution in [0.15, 0.2) is 28.2 Å². The summed E-state index contributed by atoms with van der Waals surface area (Å²) in [5.41, 5.74) is 0.442. The minimum atomic E-state index is -0.179. The fraction of sp³-hybridized carbons (Fsp3) is 0.400. The average Bonchev–Trinajstić information content (AvgIpc) is 3.18. The first-order valence-electron chi connectivity index (χ1n) is 7.19. The Balaban J connectivity index is 1.61. The second kappa shape index (κ2) is 6.31. The number of carbonyl (C=O) groups excluding carboxylic acids is 2. The van der Waals surface area contributed by atoms with E-state index < -0.39 is 0 Å². The van der Waals surface area contributed by atoms with Crippen molar-refractivity contribution in [3.05, 3.63) is 40.2 Å². The second-order valence-corrected chi connectivity index (χ2v) is 6.36. The first-order chi connectivity index (χ1) is 10.6. The van der Waals surface area contributed by atoms with Crippen LogP contribution in [0.1, 0.15) is 38.9 Å². The van der Waals surface area contributed by atoms with Gasteiger partial charge in [-0.1, -0.05) is 0 Å². The van der Waals surface area contributed by atoms with Crippen molar-refractivity contribution in [1.82, 2.24) is 15.2 Å². The minimum absolute atomic E-state index is 0.0535. The molecule has 0 saturated carbocycles. The van der Waals surface area contributed by atoms with E-state index in [1.807, 2.05) is 6.92 Å². The summed E-state index contributed by atoms with van der Waals surface area (Å²) in [7, 11) is 0. The highest BCUT2D eigenvalue weighted by molar-refractivity contribution is 7.09. The van der Waals surface area contributed by atoms with Crippen molar-refractivity contribution >= 4 is 23.2 Å². The highest BCUT2D eigenvalue weighted by Gasteiger charge is 2.27. The lowest BCUT2D eigenvalue weighted by molar-refractivity contribution is 0.0646. The Morgan fingerprint density at radius 2 is 2.36 bits per heavy atom. The maximum absolute atomic E-state index is 12.3. The van der Waals surface area contributed by atoms with E-state index in [-0.39, 0.29) is 17.9 Å². The molecule has 1 aliphatic rings. The Bertz CT molecular complexity index is 665. The predicted molar refractivity (Wildman–Crippen MR) is 82.0 cm³/mol. The van der Waals surface area contributed by atoms with E-state index in [1.54, 1.807) is 22.4 Å². The van der Waals surface area contributed by atoms with Gasteiger partial charge in [0, 0.05) is 24.5 Å². The van der Waals surface area contributed by atoms with Crippen LogP contribution in [0.5, 0.6) is 0 Å². The zero-order chi connectivity index (χ0) is 15.5. The van der Waals surface area contributed by atoms with E-state index >= 15 is 0 Å². The van der Waals surface area contributed by atoms with Gasteiger partial charge in [-0.25, -0.2) is 4.98 Å². The van der Waals surface area contributed by atoms with Gasteiger partial charge in [0.2, 0.25) is 0 Å². The first kappa shape index (κ1) is 14.8. The van der Waals surface area contributed by atoms with Gasteiger partial charge in [-0.05, 0) is 31.9 Å². The SMILES string of the molecule is Cc1nc(C(=O)N[C@@H]2CCCN(C(=O)c3ccco3)C2)cs1. The van der Waals surface area contributed by atoms with Crippen molar-refractivity contribution in [2.45, 2.75) is 25.8 Å². The number of carbonyl (C=O) groups is 2. The summed E-state index contributed by atoms with van der Waals surface area (Å²) in [6.45, 7) is 3.04. The fourth-order valence-corrected chi connectivity index (χ4v) is 3.16. The van der Waals surface area contributed by atoms with Crippen molar-refractivity contribution in [2.75, 3.05) is 13.1 Å². The molecule has 2 amide bonds. The number of rotatable bonds is 3. The molecule has 2 aromatic rings. The van der Waals surface area contributed by atoms with Crippen molar-refractivity contribution in [3.63, 3.8) is 0 Å². The van der Waals surface area contributed by atoms with Crippen molar-refractivity contribution in [2.24, 2.45) is 0 Å². The average molecular weight is 319 g/mol. The number of amides is 2. The van der Waals surface area contributed by atoms with E-state index in [9.17, 15) is 9.59 Å². The van der Waals surface area contributed by atoms with Gasteiger partial charge in [-0.2, -0.15) is 0 Å². The third-order valence-corrected chi connectivity index (χ3v) is 4.40. The Morgan fingerprint density at radius 3 is 3.05 bits per heavy atom. The smallest absolute Gasteiger partial charge is 0.289 e. The molecule has 0 bridgehead atoms. The normalized spacial score (nSPS) is 18.2. The maximum atomic E-state index is 12.3. The zero-order valence-electron chi connectivity index (χ0n) is 12.2. The molecule has 0 aromatic carbocycles. The number of aryl methyl sites for hydroxylation is 1. The summed E-state index contributed by atoms with van der Waals surface area (Å²) in [6, 6.07) is 3.30.